The number of rotatable bonds is 4. The molecule has 1 rings (SSSR count). The normalized spacial score (nSPS) is 12.9. The number of hydrogen-bond donors (Lipinski definition) is 1. The third-order valence-electron chi connectivity index (χ3n) is 2.51. The summed E-state index contributed by atoms with van der Waals surface area (Å²) in [5, 5.41) is 2.73. The molecule has 1 aromatic rings. The van der Waals surface area contributed by atoms with E-state index >= 15 is 0 Å². The molecule has 0 spiro atoms. The van der Waals surface area contributed by atoms with E-state index in [2.05, 4.69) is 5.32 Å². The standard InChI is InChI=1S/C15H21NO2/c1-11(17)16-14(12-8-6-5-7-9-12)13(18)10-15(2,3)4/h5-9,14H,10H2,1-4H3,(H,16,17). The second-order valence-corrected chi connectivity index (χ2v) is 5.75. The average Bonchev–Trinajstić information content (AvgIpc) is 2.24. The number of ketones is 1. The van der Waals surface area contributed by atoms with Gasteiger partial charge in [-0.1, -0.05) is 51.1 Å². The van der Waals surface area contributed by atoms with Crippen molar-refractivity contribution in [3.05, 3.63) is 35.9 Å². The van der Waals surface area contributed by atoms with Crippen molar-refractivity contribution in [1.82, 2.24) is 5.32 Å². The van der Waals surface area contributed by atoms with E-state index in [-0.39, 0.29) is 17.1 Å². The second kappa shape index (κ2) is 5.80. The fraction of sp³-hybridized carbons (Fsp3) is 0.467. The lowest BCUT2D eigenvalue weighted by atomic mass is 9.86. The van der Waals surface area contributed by atoms with Gasteiger partial charge in [0, 0.05) is 13.3 Å². The topological polar surface area (TPSA) is 46.2 Å². The van der Waals surface area contributed by atoms with Crippen LogP contribution in [0.4, 0.5) is 0 Å². The van der Waals surface area contributed by atoms with Gasteiger partial charge in [0.05, 0.1) is 0 Å². The number of benzene rings is 1. The fourth-order valence-electron chi connectivity index (χ4n) is 1.82. The van der Waals surface area contributed by atoms with Crippen molar-refractivity contribution < 1.29 is 9.59 Å². The molecule has 0 fully saturated rings. The summed E-state index contributed by atoms with van der Waals surface area (Å²) >= 11 is 0. The fourth-order valence-corrected chi connectivity index (χ4v) is 1.82. The minimum absolute atomic E-state index is 0.0453. The van der Waals surface area contributed by atoms with Gasteiger partial charge in [0.15, 0.2) is 5.78 Å². The van der Waals surface area contributed by atoms with E-state index in [1.807, 2.05) is 51.1 Å². The highest BCUT2D eigenvalue weighted by Gasteiger charge is 2.25. The van der Waals surface area contributed by atoms with E-state index in [0.29, 0.717) is 6.42 Å². The Kier molecular flexibility index (Phi) is 4.65. The third kappa shape index (κ3) is 4.70. The lowest BCUT2D eigenvalue weighted by molar-refractivity contribution is -0.128. The molecule has 1 aromatic carbocycles. The summed E-state index contributed by atoms with van der Waals surface area (Å²) in [6.45, 7) is 7.47. The van der Waals surface area contributed by atoms with Gasteiger partial charge in [-0.3, -0.25) is 9.59 Å². The smallest absolute Gasteiger partial charge is 0.217 e. The molecule has 0 aliphatic heterocycles. The number of nitrogens with one attached hydrogen (secondary N) is 1. The Balaban J connectivity index is 2.92. The number of carbonyl (C=O) groups excluding carboxylic acids is 2. The molecule has 18 heavy (non-hydrogen) atoms. The van der Waals surface area contributed by atoms with Crippen molar-refractivity contribution in [3.8, 4) is 0 Å². The molecular formula is C15H21NO2. The van der Waals surface area contributed by atoms with Gasteiger partial charge in [0.2, 0.25) is 5.91 Å². The van der Waals surface area contributed by atoms with Gasteiger partial charge in [0.25, 0.3) is 0 Å². The Hall–Kier alpha value is -1.64. The van der Waals surface area contributed by atoms with Crippen LogP contribution in [0, 0.1) is 5.41 Å². The van der Waals surface area contributed by atoms with Crippen molar-refractivity contribution in [3.63, 3.8) is 0 Å². The second-order valence-electron chi connectivity index (χ2n) is 5.75. The number of carbonyl (C=O) groups is 2. The maximum Gasteiger partial charge on any atom is 0.217 e. The molecule has 0 heterocycles. The summed E-state index contributed by atoms with van der Waals surface area (Å²) in [7, 11) is 0. The Labute approximate surface area is 109 Å². The van der Waals surface area contributed by atoms with Gasteiger partial charge in [-0.15, -0.1) is 0 Å². The Bertz CT molecular complexity index is 418. The van der Waals surface area contributed by atoms with Crippen molar-refractivity contribution in [2.24, 2.45) is 5.41 Å². The lowest BCUT2D eigenvalue weighted by Gasteiger charge is -2.23. The molecule has 0 bridgehead atoms. The van der Waals surface area contributed by atoms with Crippen molar-refractivity contribution >= 4 is 11.7 Å². The van der Waals surface area contributed by atoms with Gasteiger partial charge in [0.1, 0.15) is 6.04 Å². The molecule has 1 amide bonds. The first kappa shape index (κ1) is 14.4. The zero-order valence-corrected chi connectivity index (χ0v) is 11.5. The minimum atomic E-state index is -0.539. The summed E-state index contributed by atoms with van der Waals surface area (Å²) in [4.78, 5) is 23.5. The first-order chi connectivity index (χ1) is 8.29. The van der Waals surface area contributed by atoms with Crippen LogP contribution in [-0.4, -0.2) is 11.7 Å². The highest BCUT2D eigenvalue weighted by atomic mass is 16.2. The van der Waals surface area contributed by atoms with Gasteiger partial charge in [-0.25, -0.2) is 0 Å². The maximum absolute atomic E-state index is 12.3. The van der Waals surface area contributed by atoms with Crippen LogP contribution in [0.2, 0.25) is 0 Å². The van der Waals surface area contributed by atoms with Gasteiger partial charge in [-0.05, 0) is 11.0 Å². The van der Waals surface area contributed by atoms with E-state index in [0.717, 1.165) is 5.56 Å². The Morgan fingerprint density at radius 3 is 2.17 bits per heavy atom. The minimum Gasteiger partial charge on any atom is -0.342 e. The zero-order valence-electron chi connectivity index (χ0n) is 11.5. The molecule has 1 atom stereocenters. The van der Waals surface area contributed by atoms with Gasteiger partial charge in [-0.2, -0.15) is 0 Å². The van der Waals surface area contributed by atoms with Crippen molar-refractivity contribution in [1.29, 1.82) is 0 Å². The molecule has 0 aliphatic rings. The van der Waals surface area contributed by atoms with E-state index in [9.17, 15) is 9.59 Å². The van der Waals surface area contributed by atoms with Gasteiger partial charge < -0.3 is 5.32 Å². The van der Waals surface area contributed by atoms with Crippen LogP contribution in [-0.2, 0) is 9.59 Å². The molecule has 0 saturated carbocycles. The summed E-state index contributed by atoms with van der Waals surface area (Å²) in [5.41, 5.74) is 0.754. The van der Waals surface area contributed by atoms with Crippen LogP contribution in [0.15, 0.2) is 30.3 Å². The largest absolute Gasteiger partial charge is 0.342 e. The molecule has 0 aromatic heterocycles. The van der Waals surface area contributed by atoms with Gasteiger partial charge >= 0.3 is 0 Å². The van der Waals surface area contributed by atoms with E-state index in [1.54, 1.807) is 0 Å². The van der Waals surface area contributed by atoms with Crippen LogP contribution >= 0.6 is 0 Å². The van der Waals surface area contributed by atoms with Crippen LogP contribution < -0.4 is 5.32 Å². The highest BCUT2D eigenvalue weighted by Crippen LogP contribution is 2.24. The van der Waals surface area contributed by atoms with Crippen molar-refractivity contribution in [2.45, 2.75) is 40.2 Å². The van der Waals surface area contributed by atoms with E-state index < -0.39 is 6.04 Å². The SMILES string of the molecule is CC(=O)NC(C(=O)CC(C)(C)C)c1ccccc1. The molecule has 1 unspecified atom stereocenters. The average molecular weight is 247 g/mol. The molecule has 98 valence electrons. The highest BCUT2D eigenvalue weighted by molar-refractivity contribution is 5.89. The molecule has 0 radical (unpaired) electrons. The third-order valence-corrected chi connectivity index (χ3v) is 2.51. The molecule has 3 nitrogen and oxygen atoms in total. The van der Waals surface area contributed by atoms with E-state index in [1.165, 1.54) is 6.92 Å². The molecule has 3 heteroatoms. The molecular weight excluding hydrogens is 226 g/mol. The summed E-state index contributed by atoms with van der Waals surface area (Å²) in [5.74, 6) is -0.144. The summed E-state index contributed by atoms with van der Waals surface area (Å²) in [6, 6.07) is 8.82. The summed E-state index contributed by atoms with van der Waals surface area (Å²) < 4.78 is 0. The first-order valence-electron chi connectivity index (χ1n) is 6.14. The lowest BCUT2D eigenvalue weighted by Crippen LogP contribution is -2.33. The quantitative estimate of drug-likeness (QED) is 0.889. The van der Waals surface area contributed by atoms with E-state index in [4.69, 9.17) is 0 Å². The predicted octanol–water partition coefficient (Wildman–Crippen LogP) is 2.87. The Morgan fingerprint density at radius 1 is 1.17 bits per heavy atom. The first-order valence-corrected chi connectivity index (χ1v) is 6.14. The molecule has 0 saturated heterocycles. The Morgan fingerprint density at radius 2 is 1.72 bits per heavy atom. The van der Waals surface area contributed by atoms with Crippen LogP contribution in [0.3, 0.4) is 0 Å². The van der Waals surface area contributed by atoms with Crippen LogP contribution in [0.25, 0.3) is 0 Å². The zero-order chi connectivity index (χ0) is 13.8. The van der Waals surface area contributed by atoms with Crippen molar-refractivity contribution in [2.75, 3.05) is 0 Å². The molecule has 1 N–H and O–H groups in total. The predicted molar refractivity (Wildman–Crippen MR) is 72.1 cm³/mol. The summed E-state index contributed by atoms with van der Waals surface area (Å²) in [6.07, 6.45) is 0.437. The number of amides is 1. The maximum atomic E-state index is 12.3. The number of Topliss-reactive ketones (excluding diaryl/α,β-unsaturated/α-hetero) is 1. The molecule has 0 aliphatic carbocycles. The van der Waals surface area contributed by atoms with Crippen LogP contribution in [0.1, 0.15) is 45.7 Å². The number of hydrogen-bond acceptors (Lipinski definition) is 2. The monoisotopic (exact) mass is 247 g/mol. The van der Waals surface area contributed by atoms with Crippen LogP contribution in [0.5, 0.6) is 0 Å².